The lowest BCUT2D eigenvalue weighted by Crippen LogP contribution is -2.40. The molecule has 2 N–H and O–H groups in total. The molecule has 1 amide bonds. The Labute approximate surface area is 110 Å². The molecule has 2 rings (SSSR count). The third-order valence-corrected chi connectivity index (χ3v) is 4.42. The molecule has 0 radical (unpaired) electrons. The van der Waals surface area contributed by atoms with Gasteiger partial charge in [0.2, 0.25) is 0 Å². The van der Waals surface area contributed by atoms with Gasteiger partial charge >= 0.3 is 0 Å². The molecular formula is C12H18BrN3O. The van der Waals surface area contributed by atoms with Crippen molar-refractivity contribution in [3.05, 3.63) is 17.5 Å². The van der Waals surface area contributed by atoms with Gasteiger partial charge in [-0.15, -0.1) is 0 Å². The van der Waals surface area contributed by atoms with Crippen molar-refractivity contribution in [2.75, 3.05) is 0 Å². The van der Waals surface area contributed by atoms with Crippen LogP contribution >= 0.6 is 15.9 Å². The zero-order chi connectivity index (χ0) is 12.3. The molecule has 0 saturated heterocycles. The summed E-state index contributed by atoms with van der Waals surface area (Å²) in [5.41, 5.74) is 1.47. The molecule has 1 heterocycles. The molecule has 4 nitrogen and oxygen atoms in total. The van der Waals surface area contributed by atoms with Crippen LogP contribution in [0.1, 0.15) is 48.2 Å². The Morgan fingerprint density at radius 1 is 1.47 bits per heavy atom. The van der Waals surface area contributed by atoms with Crippen molar-refractivity contribution in [2.24, 2.45) is 0 Å². The normalized spacial score (nSPS) is 25.3. The standard InChI is InChI=1S/C12H18BrN3O/c1-8-9(7-14-16-8)12(17)15-11-6-4-2-3-5-10(11)13/h7,10-11H,2-6H2,1H3,(H,14,16)(H,15,17). The van der Waals surface area contributed by atoms with Gasteiger partial charge in [-0.25, -0.2) is 0 Å². The van der Waals surface area contributed by atoms with Crippen LogP contribution < -0.4 is 5.32 Å². The number of halogens is 1. The summed E-state index contributed by atoms with van der Waals surface area (Å²) in [6, 6.07) is 0.235. The number of aryl methyl sites for hydroxylation is 1. The first-order chi connectivity index (χ1) is 8.18. The highest BCUT2D eigenvalue weighted by Crippen LogP contribution is 2.24. The number of hydrogen-bond acceptors (Lipinski definition) is 2. The van der Waals surface area contributed by atoms with E-state index in [0.717, 1.165) is 18.5 Å². The second kappa shape index (κ2) is 5.67. The van der Waals surface area contributed by atoms with E-state index in [1.807, 2.05) is 6.92 Å². The summed E-state index contributed by atoms with van der Waals surface area (Å²) in [5.74, 6) is -0.0207. The average Bonchev–Trinajstić information content (AvgIpc) is 2.63. The molecule has 5 heteroatoms. The second-order valence-electron chi connectivity index (χ2n) is 4.64. The predicted molar refractivity (Wildman–Crippen MR) is 70.4 cm³/mol. The van der Waals surface area contributed by atoms with E-state index in [9.17, 15) is 4.79 Å². The zero-order valence-corrected chi connectivity index (χ0v) is 11.6. The van der Waals surface area contributed by atoms with Gasteiger partial charge in [0.1, 0.15) is 0 Å². The van der Waals surface area contributed by atoms with Crippen LogP contribution in [0.3, 0.4) is 0 Å². The van der Waals surface area contributed by atoms with Gasteiger partial charge in [-0.2, -0.15) is 5.10 Å². The highest BCUT2D eigenvalue weighted by Gasteiger charge is 2.24. The molecule has 94 valence electrons. The lowest BCUT2D eigenvalue weighted by atomic mass is 10.1. The Kier molecular flexibility index (Phi) is 4.20. The van der Waals surface area contributed by atoms with Gasteiger partial charge in [-0.1, -0.05) is 35.2 Å². The summed E-state index contributed by atoms with van der Waals surface area (Å²) < 4.78 is 0. The van der Waals surface area contributed by atoms with Crippen LogP contribution in [0.15, 0.2) is 6.20 Å². The molecule has 0 bridgehead atoms. The maximum atomic E-state index is 12.1. The fourth-order valence-corrected chi connectivity index (χ4v) is 2.97. The maximum absolute atomic E-state index is 12.1. The summed E-state index contributed by atoms with van der Waals surface area (Å²) in [7, 11) is 0. The number of alkyl halides is 1. The lowest BCUT2D eigenvalue weighted by Gasteiger charge is -2.21. The number of aromatic nitrogens is 2. The van der Waals surface area contributed by atoms with Crippen molar-refractivity contribution in [3.63, 3.8) is 0 Å². The van der Waals surface area contributed by atoms with E-state index in [2.05, 4.69) is 31.4 Å². The molecule has 1 fully saturated rings. The number of carbonyl (C=O) groups is 1. The Balaban J connectivity index is 2.00. The smallest absolute Gasteiger partial charge is 0.254 e. The molecule has 0 aromatic carbocycles. The monoisotopic (exact) mass is 299 g/mol. The van der Waals surface area contributed by atoms with E-state index in [1.165, 1.54) is 19.3 Å². The van der Waals surface area contributed by atoms with Gasteiger partial charge in [-0.3, -0.25) is 9.89 Å². The number of amides is 1. The van der Waals surface area contributed by atoms with Crippen molar-refractivity contribution in [1.82, 2.24) is 15.5 Å². The van der Waals surface area contributed by atoms with E-state index in [-0.39, 0.29) is 11.9 Å². The van der Waals surface area contributed by atoms with Crippen LogP contribution in [-0.4, -0.2) is 27.0 Å². The first-order valence-electron chi connectivity index (χ1n) is 6.13. The minimum absolute atomic E-state index is 0.0207. The highest BCUT2D eigenvalue weighted by atomic mass is 79.9. The van der Waals surface area contributed by atoms with E-state index in [4.69, 9.17) is 0 Å². The maximum Gasteiger partial charge on any atom is 0.254 e. The number of carbonyl (C=O) groups excluding carboxylic acids is 1. The minimum Gasteiger partial charge on any atom is -0.348 e. The molecule has 1 saturated carbocycles. The fraction of sp³-hybridized carbons (Fsp3) is 0.667. The Hall–Kier alpha value is -0.840. The van der Waals surface area contributed by atoms with Crippen LogP contribution in [0.5, 0.6) is 0 Å². The third-order valence-electron chi connectivity index (χ3n) is 3.32. The van der Waals surface area contributed by atoms with Crippen LogP contribution in [0.2, 0.25) is 0 Å². The first-order valence-corrected chi connectivity index (χ1v) is 7.05. The number of nitrogens with one attached hydrogen (secondary N) is 2. The topological polar surface area (TPSA) is 57.8 Å². The van der Waals surface area contributed by atoms with E-state index in [1.54, 1.807) is 6.20 Å². The van der Waals surface area contributed by atoms with Crippen LogP contribution in [-0.2, 0) is 0 Å². The van der Waals surface area contributed by atoms with Crippen LogP contribution in [0, 0.1) is 6.92 Å². The Morgan fingerprint density at radius 2 is 2.24 bits per heavy atom. The molecule has 0 spiro atoms. The number of H-pyrrole nitrogens is 1. The highest BCUT2D eigenvalue weighted by molar-refractivity contribution is 9.09. The fourth-order valence-electron chi connectivity index (χ4n) is 2.25. The third kappa shape index (κ3) is 3.09. The molecule has 1 aromatic heterocycles. The molecular weight excluding hydrogens is 282 g/mol. The van der Waals surface area contributed by atoms with Gasteiger partial charge in [0.15, 0.2) is 0 Å². The molecule has 1 aromatic rings. The zero-order valence-electron chi connectivity index (χ0n) is 10.0. The number of rotatable bonds is 2. The van der Waals surface area contributed by atoms with Gasteiger partial charge in [0.05, 0.1) is 11.8 Å². The van der Waals surface area contributed by atoms with Crippen molar-refractivity contribution in [1.29, 1.82) is 0 Å². The summed E-state index contributed by atoms with van der Waals surface area (Å²) in [4.78, 5) is 12.5. The summed E-state index contributed by atoms with van der Waals surface area (Å²) >= 11 is 3.68. The second-order valence-corrected chi connectivity index (χ2v) is 5.82. The number of aromatic amines is 1. The SMILES string of the molecule is Cc1[nH]ncc1C(=O)NC1CCCCCC1Br. The van der Waals surface area contributed by atoms with Crippen molar-refractivity contribution >= 4 is 21.8 Å². The van der Waals surface area contributed by atoms with Crippen molar-refractivity contribution < 1.29 is 4.79 Å². The van der Waals surface area contributed by atoms with Gasteiger partial charge in [0, 0.05) is 16.6 Å². The summed E-state index contributed by atoms with van der Waals surface area (Å²) in [6.45, 7) is 1.86. The number of nitrogens with zero attached hydrogens (tertiary/aromatic N) is 1. The van der Waals surface area contributed by atoms with Crippen LogP contribution in [0.25, 0.3) is 0 Å². The van der Waals surface area contributed by atoms with Crippen molar-refractivity contribution in [3.8, 4) is 0 Å². The molecule has 1 aliphatic carbocycles. The largest absolute Gasteiger partial charge is 0.348 e. The van der Waals surface area contributed by atoms with Gasteiger partial charge < -0.3 is 5.32 Å². The minimum atomic E-state index is -0.0207. The van der Waals surface area contributed by atoms with E-state index < -0.39 is 0 Å². The molecule has 0 aliphatic heterocycles. The summed E-state index contributed by atoms with van der Waals surface area (Å²) in [5, 5.41) is 9.77. The molecule has 17 heavy (non-hydrogen) atoms. The lowest BCUT2D eigenvalue weighted by molar-refractivity contribution is 0.0934. The van der Waals surface area contributed by atoms with Crippen molar-refractivity contribution in [2.45, 2.75) is 49.9 Å². The Bertz CT molecular complexity index is 391. The number of hydrogen-bond donors (Lipinski definition) is 2. The molecule has 1 aliphatic rings. The Morgan fingerprint density at radius 3 is 2.94 bits per heavy atom. The van der Waals surface area contributed by atoms with E-state index in [0.29, 0.717) is 10.4 Å². The molecule has 2 unspecified atom stereocenters. The quantitative estimate of drug-likeness (QED) is 0.651. The average molecular weight is 300 g/mol. The van der Waals surface area contributed by atoms with Gasteiger partial charge in [-0.05, 0) is 19.8 Å². The van der Waals surface area contributed by atoms with Gasteiger partial charge in [0.25, 0.3) is 5.91 Å². The van der Waals surface area contributed by atoms with E-state index >= 15 is 0 Å². The van der Waals surface area contributed by atoms with Crippen LogP contribution in [0.4, 0.5) is 0 Å². The molecule has 2 atom stereocenters. The first kappa shape index (κ1) is 12.6. The predicted octanol–water partition coefficient (Wildman–Crippen LogP) is 2.54. The summed E-state index contributed by atoms with van der Waals surface area (Å²) in [6.07, 6.45) is 7.47.